The van der Waals surface area contributed by atoms with Crippen molar-refractivity contribution in [3.8, 4) is 0 Å². The standard InChI is InChI=1S/C11H14Cl3NOTe/c1-4-15-9(3)16-17(12,13,14)11-6-5-8(2)7-10(11)15/h5-7H,4H2,1-3H3/q+1. The van der Waals surface area contributed by atoms with Crippen LogP contribution in [0.2, 0.25) is 0 Å². The molecular formula is C11H14Cl3NOTe+. The maximum absolute atomic E-state index is 6.38. The summed E-state index contributed by atoms with van der Waals surface area (Å²) in [6.07, 6.45) is 0. The first-order valence-electron chi connectivity index (χ1n) is 5.25. The van der Waals surface area contributed by atoms with Crippen LogP contribution in [-0.4, -0.2) is 30.9 Å². The molecule has 0 aliphatic carbocycles. The molecule has 0 bridgehead atoms. The van der Waals surface area contributed by atoms with Crippen molar-refractivity contribution in [2.45, 2.75) is 20.8 Å². The predicted molar refractivity (Wildman–Crippen MR) is 76.4 cm³/mol. The average molecular weight is 410 g/mol. The number of hydrogen-bond acceptors (Lipinski definition) is 1. The SMILES string of the molecule is CC[N+]1=C(C)O[Te](Cl)(Cl)(Cl)c2ccc(C)cc21. The van der Waals surface area contributed by atoms with E-state index in [1.165, 1.54) is 0 Å². The van der Waals surface area contributed by atoms with Crippen molar-refractivity contribution in [3.05, 3.63) is 23.8 Å². The Morgan fingerprint density at radius 3 is 2.47 bits per heavy atom. The van der Waals surface area contributed by atoms with Crippen molar-refractivity contribution < 1.29 is 7.68 Å². The van der Waals surface area contributed by atoms with E-state index in [2.05, 4.69) is 0 Å². The van der Waals surface area contributed by atoms with Crippen LogP contribution in [0.3, 0.4) is 0 Å². The normalized spacial score (nSPS) is 23.3. The Morgan fingerprint density at radius 1 is 1.24 bits per heavy atom. The third-order valence-electron chi connectivity index (χ3n) is 2.70. The summed E-state index contributed by atoms with van der Waals surface area (Å²) in [5.41, 5.74) is 2.11. The molecule has 0 amide bonds. The molecule has 1 aliphatic rings. The second-order valence-electron chi connectivity index (χ2n) is 4.00. The van der Waals surface area contributed by atoms with Crippen molar-refractivity contribution in [3.63, 3.8) is 0 Å². The van der Waals surface area contributed by atoms with E-state index >= 15 is 0 Å². The first kappa shape index (κ1) is 13.8. The molecule has 17 heavy (non-hydrogen) atoms. The van der Waals surface area contributed by atoms with E-state index in [9.17, 15) is 0 Å². The summed E-state index contributed by atoms with van der Waals surface area (Å²) in [6.45, 7) is 6.70. The summed E-state index contributed by atoms with van der Waals surface area (Å²) in [6, 6.07) is 5.87. The zero-order chi connectivity index (χ0) is 12.9. The van der Waals surface area contributed by atoms with Gasteiger partial charge in [-0.1, -0.05) is 0 Å². The molecule has 95 valence electrons. The number of aryl methyl sites for hydroxylation is 1. The van der Waals surface area contributed by atoms with Gasteiger partial charge in [-0.3, -0.25) is 0 Å². The Kier molecular flexibility index (Phi) is 3.39. The number of halogens is 3. The van der Waals surface area contributed by atoms with Gasteiger partial charge in [0, 0.05) is 0 Å². The fraction of sp³-hybridized carbons (Fsp3) is 0.364. The molecule has 0 N–H and O–H groups in total. The minimum absolute atomic E-state index is 0.670. The second kappa shape index (κ2) is 4.18. The Hall–Kier alpha value is 0.350. The number of fused-ring (bicyclic) bond motifs is 1. The first-order chi connectivity index (χ1) is 7.73. The summed E-state index contributed by atoms with van der Waals surface area (Å²) in [7, 11) is 19.1. The molecule has 1 aromatic carbocycles. The van der Waals surface area contributed by atoms with Gasteiger partial charge in [0.25, 0.3) is 0 Å². The number of rotatable bonds is 1. The summed E-state index contributed by atoms with van der Waals surface area (Å²) >= 11 is -4.54. The average Bonchev–Trinajstić information content (AvgIpc) is 2.14. The molecule has 1 aromatic rings. The van der Waals surface area contributed by atoms with Gasteiger partial charge in [0.05, 0.1) is 0 Å². The Labute approximate surface area is 114 Å². The van der Waals surface area contributed by atoms with E-state index < -0.39 is 13.9 Å². The molecule has 0 aromatic heterocycles. The maximum atomic E-state index is 6.38. The van der Waals surface area contributed by atoms with Gasteiger partial charge in [0.2, 0.25) is 0 Å². The molecule has 0 spiro atoms. The minimum atomic E-state index is -4.54. The zero-order valence-corrected chi connectivity index (χ0v) is 14.4. The fourth-order valence-electron chi connectivity index (χ4n) is 1.95. The molecule has 2 rings (SSSR count). The van der Waals surface area contributed by atoms with Crippen LogP contribution >= 0.6 is 26.9 Å². The summed E-state index contributed by atoms with van der Waals surface area (Å²) in [5.74, 6) is 0.670. The molecule has 0 saturated heterocycles. The van der Waals surface area contributed by atoms with Crippen LogP contribution in [0, 0.1) is 6.92 Å². The van der Waals surface area contributed by atoms with Crippen molar-refractivity contribution >= 4 is 55.9 Å². The van der Waals surface area contributed by atoms with Crippen LogP contribution in [0.15, 0.2) is 18.2 Å². The van der Waals surface area contributed by atoms with E-state index in [1.807, 2.05) is 43.5 Å². The van der Waals surface area contributed by atoms with Gasteiger partial charge in [-0.25, -0.2) is 0 Å². The number of hydrogen-bond donors (Lipinski definition) is 0. The molecule has 2 nitrogen and oxygen atoms in total. The third-order valence-corrected chi connectivity index (χ3v) is 11.7. The van der Waals surface area contributed by atoms with Crippen LogP contribution in [0.1, 0.15) is 19.4 Å². The zero-order valence-electron chi connectivity index (χ0n) is 9.84. The molecule has 1 aliphatic heterocycles. The first-order valence-corrected chi connectivity index (χ1v) is 16.2. The molecule has 0 unspecified atom stereocenters. The number of nitrogens with zero attached hydrogens (tertiary/aromatic N) is 1. The molecule has 0 fully saturated rings. The monoisotopic (exact) mass is 411 g/mol. The van der Waals surface area contributed by atoms with Gasteiger partial charge in [-0.05, 0) is 0 Å². The predicted octanol–water partition coefficient (Wildman–Crippen LogP) is 3.42. The van der Waals surface area contributed by atoms with Gasteiger partial charge < -0.3 is 0 Å². The van der Waals surface area contributed by atoms with E-state index in [0.717, 1.165) is 21.4 Å². The van der Waals surface area contributed by atoms with Gasteiger partial charge in [-0.2, -0.15) is 0 Å². The van der Waals surface area contributed by atoms with Crippen molar-refractivity contribution in [2.24, 2.45) is 0 Å². The number of benzene rings is 1. The molecular weight excluding hydrogens is 396 g/mol. The van der Waals surface area contributed by atoms with Gasteiger partial charge in [-0.15, -0.1) is 0 Å². The molecule has 1 radical (unpaired) electrons. The molecule has 6 heteroatoms. The van der Waals surface area contributed by atoms with E-state index in [4.69, 9.17) is 30.0 Å². The second-order valence-corrected chi connectivity index (χ2v) is 24.6. The molecule has 1 heterocycles. The van der Waals surface area contributed by atoms with Crippen LogP contribution < -0.4 is 3.61 Å². The summed E-state index contributed by atoms with van der Waals surface area (Å²) in [5, 5.41) is 0. The van der Waals surface area contributed by atoms with E-state index in [0.29, 0.717) is 5.90 Å². The van der Waals surface area contributed by atoms with E-state index in [-0.39, 0.29) is 0 Å². The van der Waals surface area contributed by atoms with Crippen LogP contribution in [0.5, 0.6) is 0 Å². The Bertz CT molecular complexity index is 519. The summed E-state index contributed by atoms with van der Waals surface area (Å²) in [4.78, 5) is 0. The Morgan fingerprint density at radius 2 is 1.88 bits per heavy atom. The van der Waals surface area contributed by atoms with Gasteiger partial charge in [0.15, 0.2) is 0 Å². The Balaban J connectivity index is 2.78. The van der Waals surface area contributed by atoms with Crippen LogP contribution in [-0.2, 0) is 3.10 Å². The molecule has 0 saturated carbocycles. The van der Waals surface area contributed by atoms with Crippen molar-refractivity contribution in [1.29, 1.82) is 0 Å². The van der Waals surface area contributed by atoms with E-state index in [1.54, 1.807) is 0 Å². The van der Waals surface area contributed by atoms with Crippen LogP contribution in [0.25, 0.3) is 0 Å². The van der Waals surface area contributed by atoms with Gasteiger partial charge >= 0.3 is 115 Å². The van der Waals surface area contributed by atoms with Gasteiger partial charge in [0.1, 0.15) is 0 Å². The van der Waals surface area contributed by atoms with Crippen molar-refractivity contribution in [1.82, 2.24) is 0 Å². The van der Waals surface area contributed by atoms with Crippen molar-refractivity contribution in [2.75, 3.05) is 6.54 Å². The summed E-state index contributed by atoms with van der Waals surface area (Å²) < 4.78 is 8.44. The quantitative estimate of drug-likeness (QED) is 0.511. The molecule has 0 atom stereocenters. The topological polar surface area (TPSA) is 12.2 Å². The third kappa shape index (κ3) is 2.41. The fourth-order valence-corrected chi connectivity index (χ4v) is 10.2. The van der Waals surface area contributed by atoms with Crippen LogP contribution in [0.4, 0.5) is 5.69 Å².